The second-order valence-electron chi connectivity index (χ2n) is 6.15. The lowest BCUT2D eigenvalue weighted by atomic mass is 10.2. The zero-order valence-corrected chi connectivity index (χ0v) is 13.2. The first-order valence-corrected chi connectivity index (χ1v) is 7.32. The predicted octanol–water partition coefficient (Wildman–Crippen LogP) is 3.90. The molecular formula is C15H20ClFN2O2. The summed E-state index contributed by atoms with van der Waals surface area (Å²) in [4.78, 5) is 13.6. The molecule has 1 saturated heterocycles. The molecule has 1 aromatic carbocycles. The number of nitrogens with zero attached hydrogens (tertiary/aromatic N) is 1. The summed E-state index contributed by atoms with van der Waals surface area (Å²) in [5.74, 6) is -0.391. The number of ether oxygens (including phenoxy) is 1. The van der Waals surface area contributed by atoms with Crippen molar-refractivity contribution in [3.05, 3.63) is 29.0 Å². The van der Waals surface area contributed by atoms with E-state index in [9.17, 15) is 9.18 Å². The van der Waals surface area contributed by atoms with Gasteiger partial charge in [-0.05, 0) is 39.3 Å². The maximum atomic E-state index is 13.7. The Kier molecular flexibility index (Phi) is 4.61. The number of amides is 1. The molecule has 0 radical (unpaired) electrons. The van der Waals surface area contributed by atoms with Gasteiger partial charge in [0, 0.05) is 19.1 Å². The monoisotopic (exact) mass is 314 g/mol. The van der Waals surface area contributed by atoms with Crippen LogP contribution in [0.3, 0.4) is 0 Å². The van der Waals surface area contributed by atoms with Crippen molar-refractivity contribution in [1.82, 2.24) is 4.90 Å². The Hall–Kier alpha value is -1.49. The summed E-state index contributed by atoms with van der Waals surface area (Å²) in [6.07, 6.45) is 0.385. The van der Waals surface area contributed by atoms with Gasteiger partial charge in [-0.1, -0.05) is 17.7 Å². The van der Waals surface area contributed by atoms with Gasteiger partial charge in [0.25, 0.3) is 0 Å². The Morgan fingerprint density at radius 1 is 1.48 bits per heavy atom. The molecule has 0 saturated carbocycles. The highest BCUT2D eigenvalue weighted by Gasteiger charge is 2.30. The fourth-order valence-corrected chi connectivity index (χ4v) is 2.43. The molecule has 1 aliphatic rings. The first kappa shape index (κ1) is 15.9. The number of likely N-dealkylation sites (tertiary alicyclic amines) is 1. The lowest BCUT2D eigenvalue weighted by molar-refractivity contribution is 0.0293. The van der Waals surface area contributed by atoms with Crippen LogP contribution in [0.15, 0.2) is 18.2 Å². The molecule has 0 aliphatic carbocycles. The van der Waals surface area contributed by atoms with Crippen molar-refractivity contribution in [3.63, 3.8) is 0 Å². The molecular weight excluding hydrogens is 295 g/mol. The summed E-state index contributed by atoms with van der Waals surface area (Å²) in [7, 11) is 0. The van der Waals surface area contributed by atoms with E-state index in [1.807, 2.05) is 20.8 Å². The van der Waals surface area contributed by atoms with Crippen LogP contribution in [0.1, 0.15) is 27.2 Å². The van der Waals surface area contributed by atoms with Gasteiger partial charge < -0.3 is 15.0 Å². The van der Waals surface area contributed by atoms with E-state index in [0.717, 1.165) is 6.42 Å². The minimum atomic E-state index is -0.516. The number of para-hydroxylation sites is 1. The third-order valence-electron chi connectivity index (χ3n) is 3.15. The summed E-state index contributed by atoms with van der Waals surface area (Å²) in [6.45, 7) is 6.54. The Morgan fingerprint density at radius 3 is 2.81 bits per heavy atom. The average molecular weight is 315 g/mol. The van der Waals surface area contributed by atoms with Crippen LogP contribution in [0.4, 0.5) is 14.9 Å². The molecule has 1 aromatic rings. The SMILES string of the molecule is CC(C)(C)OC(=O)N1CCC(Nc2c(F)cccc2Cl)C1. The van der Waals surface area contributed by atoms with E-state index >= 15 is 0 Å². The molecule has 2 rings (SSSR count). The summed E-state index contributed by atoms with van der Waals surface area (Å²) in [5, 5.41) is 3.41. The first-order valence-electron chi connectivity index (χ1n) is 6.95. The molecule has 0 spiro atoms. The van der Waals surface area contributed by atoms with Crippen molar-refractivity contribution >= 4 is 23.4 Å². The van der Waals surface area contributed by atoms with E-state index in [4.69, 9.17) is 16.3 Å². The van der Waals surface area contributed by atoms with Gasteiger partial charge in [0.15, 0.2) is 0 Å². The Bertz CT molecular complexity index is 511. The van der Waals surface area contributed by atoms with Crippen LogP contribution in [0.5, 0.6) is 0 Å². The van der Waals surface area contributed by atoms with Crippen LogP contribution in [-0.2, 0) is 4.74 Å². The van der Waals surface area contributed by atoms with Gasteiger partial charge in [-0.2, -0.15) is 0 Å². The topological polar surface area (TPSA) is 41.6 Å². The van der Waals surface area contributed by atoms with Crippen molar-refractivity contribution in [2.24, 2.45) is 0 Å². The van der Waals surface area contributed by atoms with Gasteiger partial charge in [0.1, 0.15) is 11.4 Å². The summed E-state index contributed by atoms with van der Waals surface area (Å²) < 4.78 is 19.1. The largest absolute Gasteiger partial charge is 0.444 e. The highest BCUT2D eigenvalue weighted by Crippen LogP contribution is 2.27. The third-order valence-corrected chi connectivity index (χ3v) is 3.47. The maximum absolute atomic E-state index is 13.7. The molecule has 6 heteroatoms. The molecule has 1 heterocycles. The van der Waals surface area contributed by atoms with Gasteiger partial charge in [-0.25, -0.2) is 9.18 Å². The molecule has 4 nitrogen and oxygen atoms in total. The number of hydrogen-bond donors (Lipinski definition) is 1. The zero-order valence-electron chi connectivity index (χ0n) is 12.5. The smallest absolute Gasteiger partial charge is 0.410 e. The number of nitrogens with one attached hydrogen (secondary N) is 1. The van der Waals surface area contributed by atoms with Gasteiger partial charge >= 0.3 is 6.09 Å². The van der Waals surface area contributed by atoms with Crippen molar-refractivity contribution in [1.29, 1.82) is 0 Å². The quantitative estimate of drug-likeness (QED) is 0.900. The molecule has 1 atom stereocenters. The van der Waals surface area contributed by atoms with E-state index in [-0.39, 0.29) is 17.8 Å². The molecule has 1 N–H and O–H groups in total. The number of anilines is 1. The normalized spacial score (nSPS) is 18.7. The first-order chi connectivity index (χ1) is 9.76. The van der Waals surface area contributed by atoms with Crippen molar-refractivity contribution < 1.29 is 13.9 Å². The van der Waals surface area contributed by atoms with E-state index in [1.54, 1.807) is 17.0 Å². The third kappa shape index (κ3) is 4.24. The highest BCUT2D eigenvalue weighted by molar-refractivity contribution is 6.33. The zero-order chi connectivity index (χ0) is 15.6. The van der Waals surface area contributed by atoms with Gasteiger partial charge in [0.2, 0.25) is 0 Å². The van der Waals surface area contributed by atoms with E-state index in [1.165, 1.54) is 6.07 Å². The lowest BCUT2D eigenvalue weighted by Gasteiger charge is -2.24. The van der Waals surface area contributed by atoms with Gasteiger partial charge in [-0.15, -0.1) is 0 Å². The van der Waals surface area contributed by atoms with E-state index in [2.05, 4.69) is 5.32 Å². The second kappa shape index (κ2) is 6.10. The standard InChI is InChI=1S/C15H20ClFN2O2/c1-15(2,3)21-14(20)19-8-7-10(9-19)18-13-11(16)5-4-6-12(13)17/h4-6,10,18H,7-9H2,1-3H3. The van der Waals surface area contributed by atoms with Crippen molar-refractivity contribution in [3.8, 4) is 0 Å². The summed E-state index contributed by atoms with van der Waals surface area (Å²) in [6, 6.07) is 4.51. The maximum Gasteiger partial charge on any atom is 0.410 e. The number of rotatable bonds is 2. The minimum Gasteiger partial charge on any atom is -0.444 e. The van der Waals surface area contributed by atoms with Crippen LogP contribution in [0.2, 0.25) is 5.02 Å². The number of benzene rings is 1. The lowest BCUT2D eigenvalue weighted by Crippen LogP contribution is -2.36. The Balaban J connectivity index is 1.95. The molecule has 0 aromatic heterocycles. The number of halogens is 2. The van der Waals surface area contributed by atoms with Crippen LogP contribution >= 0.6 is 11.6 Å². The van der Waals surface area contributed by atoms with Crippen LogP contribution in [-0.4, -0.2) is 35.7 Å². The van der Waals surface area contributed by atoms with Crippen LogP contribution in [0.25, 0.3) is 0 Å². The van der Waals surface area contributed by atoms with Gasteiger partial charge in [0.05, 0.1) is 10.7 Å². The molecule has 1 fully saturated rings. The Labute approximate surface area is 129 Å². The predicted molar refractivity (Wildman–Crippen MR) is 81.2 cm³/mol. The minimum absolute atomic E-state index is 0.0353. The summed E-state index contributed by atoms with van der Waals surface area (Å²) in [5.41, 5.74) is -0.229. The van der Waals surface area contributed by atoms with E-state index < -0.39 is 11.4 Å². The van der Waals surface area contributed by atoms with E-state index in [0.29, 0.717) is 18.1 Å². The highest BCUT2D eigenvalue weighted by atomic mass is 35.5. The molecule has 116 valence electrons. The second-order valence-corrected chi connectivity index (χ2v) is 6.56. The number of hydrogen-bond acceptors (Lipinski definition) is 3. The molecule has 1 amide bonds. The number of carbonyl (C=O) groups excluding carboxylic acids is 1. The molecule has 0 bridgehead atoms. The fourth-order valence-electron chi connectivity index (χ4n) is 2.21. The Morgan fingerprint density at radius 2 is 2.19 bits per heavy atom. The van der Waals surface area contributed by atoms with Gasteiger partial charge in [-0.3, -0.25) is 0 Å². The average Bonchev–Trinajstić information content (AvgIpc) is 2.80. The van der Waals surface area contributed by atoms with Crippen LogP contribution in [0, 0.1) is 5.82 Å². The van der Waals surface area contributed by atoms with Crippen LogP contribution < -0.4 is 5.32 Å². The summed E-state index contributed by atoms with van der Waals surface area (Å²) >= 11 is 5.99. The fraction of sp³-hybridized carbons (Fsp3) is 0.533. The molecule has 21 heavy (non-hydrogen) atoms. The van der Waals surface area contributed by atoms with Crippen molar-refractivity contribution in [2.45, 2.75) is 38.8 Å². The molecule has 1 aliphatic heterocycles. The number of carbonyl (C=O) groups is 1. The molecule has 1 unspecified atom stereocenters. The van der Waals surface area contributed by atoms with Crippen molar-refractivity contribution in [2.75, 3.05) is 18.4 Å².